The molecule has 0 N–H and O–H groups in total. The van der Waals surface area contributed by atoms with Gasteiger partial charge in [-0.3, -0.25) is 9.59 Å². The molecule has 1 fully saturated rings. The Morgan fingerprint density at radius 3 is 2.19 bits per heavy atom. The van der Waals surface area contributed by atoms with Gasteiger partial charge in [-0.15, -0.1) is 0 Å². The second-order valence-corrected chi connectivity index (χ2v) is 11.1. The molecule has 0 bridgehead atoms. The van der Waals surface area contributed by atoms with Crippen molar-refractivity contribution >= 4 is 32.4 Å². The molecule has 4 nitrogen and oxygen atoms in total. The molecule has 0 aromatic heterocycles. The molecule has 1 aliphatic rings. The monoisotopic (exact) mass is 410 g/mol. The van der Waals surface area contributed by atoms with Crippen molar-refractivity contribution in [3.05, 3.63) is 35.4 Å². The predicted molar refractivity (Wildman–Crippen MR) is 112 cm³/mol. The van der Waals surface area contributed by atoms with Gasteiger partial charge in [0, 0.05) is 11.8 Å². The molecule has 0 amide bonds. The number of methoxy groups -OCH3 is 1. The molecule has 6 heteroatoms. The minimum atomic E-state index is -0.777. The first kappa shape index (κ1) is 22.2. The molecule has 0 saturated carbocycles. The summed E-state index contributed by atoms with van der Waals surface area (Å²) in [7, 11) is 2.11. The second kappa shape index (κ2) is 9.87. The molecule has 5 atom stereocenters. The van der Waals surface area contributed by atoms with Crippen molar-refractivity contribution in [1.82, 2.24) is 0 Å². The maximum atomic E-state index is 12.3. The van der Waals surface area contributed by atoms with Crippen LogP contribution in [0.15, 0.2) is 24.3 Å². The van der Waals surface area contributed by atoms with E-state index in [1.807, 2.05) is 32.9 Å². The average molecular weight is 411 g/mol. The third-order valence-corrected chi connectivity index (χ3v) is 8.10. The molecule has 2 rings (SSSR count). The van der Waals surface area contributed by atoms with Crippen LogP contribution in [-0.4, -0.2) is 23.1 Å². The molecular formula is C21H30O4S2. The molecule has 1 heterocycles. The Morgan fingerprint density at radius 2 is 1.74 bits per heavy atom. The van der Waals surface area contributed by atoms with Crippen LogP contribution in [0.5, 0.6) is 0 Å². The fourth-order valence-electron chi connectivity index (χ4n) is 3.60. The summed E-state index contributed by atoms with van der Waals surface area (Å²) >= 11 is 0. The Labute approximate surface area is 168 Å². The SMILES string of the molecule is CCC(CC(CC(C)C(=O)C(C)C)C(=O)OC)c1ccc(C2SS2=O)cc1. The minimum absolute atomic E-state index is 0.0290. The van der Waals surface area contributed by atoms with Crippen LogP contribution in [-0.2, 0) is 24.2 Å². The first-order valence-electron chi connectivity index (χ1n) is 9.57. The first-order valence-corrected chi connectivity index (χ1v) is 12.2. The van der Waals surface area contributed by atoms with Crippen molar-refractivity contribution in [1.29, 1.82) is 0 Å². The van der Waals surface area contributed by atoms with E-state index in [9.17, 15) is 13.8 Å². The number of esters is 1. The van der Waals surface area contributed by atoms with Crippen molar-refractivity contribution in [3.8, 4) is 0 Å². The summed E-state index contributed by atoms with van der Waals surface area (Å²) in [6.07, 6.45) is 2.10. The van der Waals surface area contributed by atoms with Crippen LogP contribution in [0.4, 0.5) is 0 Å². The summed E-state index contributed by atoms with van der Waals surface area (Å²) in [6, 6.07) is 8.24. The molecule has 1 aromatic rings. The summed E-state index contributed by atoms with van der Waals surface area (Å²) in [5.41, 5.74) is 2.27. The first-order chi connectivity index (χ1) is 12.8. The molecule has 150 valence electrons. The van der Waals surface area contributed by atoms with E-state index in [2.05, 4.69) is 19.1 Å². The van der Waals surface area contributed by atoms with Gasteiger partial charge >= 0.3 is 5.97 Å². The van der Waals surface area contributed by atoms with Gasteiger partial charge in [0.05, 0.1) is 13.0 Å². The van der Waals surface area contributed by atoms with Crippen molar-refractivity contribution in [2.45, 2.75) is 57.5 Å². The molecule has 0 aliphatic carbocycles. The van der Waals surface area contributed by atoms with Crippen LogP contribution in [0.25, 0.3) is 0 Å². The lowest BCUT2D eigenvalue weighted by Gasteiger charge is -2.24. The van der Waals surface area contributed by atoms with Gasteiger partial charge in [0.1, 0.15) is 20.2 Å². The van der Waals surface area contributed by atoms with E-state index in [0.717, 1.165) is 12.0 Å². The van der Waals surface area contributed by atoms with Gasteiger partial charge in [-0.2, -0.15) is 0 Å². The van der Waals surface area contributed by atoms with E-state index in [0.29, 0.717) is 12.8 Å². The molecule has 1 aliphatic heterocycles. The van der Waals surface area contributed by atoms with Crippen molar-refractivity contribution in [3.63, 3.8) is 0 Å². The Balaban J connectivity index is 2.09. The van der Waals surface area contributed by atoms with Gasteiger partial charge in [0.2, 0.25) is 0 Å². The van der Waals surface area contributed by atoms with Gasteiger partial charge in [0.25, 0.3) is 0 Å². The van der Waals surface area contributed by atoms with Crippen LogP contribution >= 0.6 is 10.8 Å². The maximum Gasteiger partial charge on any atom is 0.308 e. The minimum Gasteiger partial charge on any atom is -0.469 e. The van der Waals surface area contributed by atoms with E-state index in [-0.39, 0.29) is 40.0 Å². The number of benzene rings is 1. The van der Waals surface area contributed by atoms with Gasteiger partial charge in [-0.25, -0.2) is 4.21 Å². The number of Topliss-reactive ketones (excluding diaryl/α,β-unsaturated/α-hetero) is 1. The zero-order valence-electron chi connectivity index (χ0n) is 16.8. The van der Waals surface area contributed by atoms with Crippen molar-refractivity contribution in [2.24, 2.45) is 17.8 Å². The summed E-state index contributed by atoms with van der Waals surface area (Å²) < 4.78 is 16.6. The molecule has 0 spiro atoms. The average Bonchev–Trinajstić information content (AvgIpc) is 3.40. The summed E-state index contributed by atoms with van der Waals surface area (Å²) in [5, 5.41) is 0. The van der Waals surface area contributed by atoms with Crippen molar-refractivity contribution in [2.75, 3.05) is 7.11 Å². The highest BCUT2D eigenvalue weighted by Crippen LogP contribution is 2.53. The predicted octanol–water partition coefficient (Wildman–Crippen LogP) is 5.02. The standard InChI is InChI=1S/C21H30O4S2/c1-6-15(16-7-9-17(10-8-16)21-26-27(21)24)12-18(20(23)25-5)11-14(4)19(22)13(2)3/h7-10,13-15,18,21H,6,11-12H2,1-5H3. The normalized spacial score (nSPS) is 22.1. The lowest BCUT2D eigenvalue weighted by Crippen LogP contribution is -2.26. The third-order valence-electron chi connectivity index (χ3n) is 5.29. The number of hydrogen-bond donors (Lipinski definition) is 0. The summed E-state index contributed by atoms with van der Waals surface area (Å²) in [5.74, 6) is -0.297. The van der Waals surface area contributed by atoms with Gasteiger partial charge in [-0.05, 0) is 47.1 Å². The van der Waals surface area contributed by atoms with E-state index >= 15 is 0 Å². The number of hydrogen-bond acceptors (Lipinski definition) is 5. The second-order valence-electron chi connectivity index (χ2n) is 7.61. The topological polar surface area (TPSA) is 60.4 Å². The Bertz CT molecular complexity index is 684. The third kappa shape index (κ3) is 5.92. The Morgan fingerprint density at radius 1 is 1.15 bits per heavy atom. The van der Waals surface area contributed by atoms with E-state index in [1.165, 1.54) is 23.5 Å². The Kier molecular flexibility index (Phi) is 8.10. The highest BCUT2D eigenvalue weighted by molar-refractivity contribution is 8.84. The van der Waals surface area contributed by atoms with Crippen LogP contribution < -0.4 is 0 Å². The van der Waals surface area contributed by atoms with E-state index < -0.39 is 9.83 Å². The molecule has 1 aromatic carbocycles. The van der Waals surface area contributed by atoms with Crippen LogP contribution in [0.1, 0.15) is 68.6 Å². The van der Waals surface area contributed by atoms with Crippen molar-refractivity contribution < 1.29 is 18.5 Å². The number of carbonyl (C=O) groups is 2. The largest absolute Gasteiger partial charge is 0.469 e. The highest BCUT2D eigenvalue weighted by atomic mass is 33.2. The molecule has 5 unspecified atom stereocenters. The zero-order chi connectivity index (χ0) is 20.1. The highest BCUT2D eigenvalue weighted by Gasteiger charge is 2.36. The summed E-state index contributed by atoms with van der Waals surface area (Å²) in [6.45, 7) is 7.81. The lowest BCUT2D eigenvalue weighted by atomic mass is 9.81. The lowest BCUT2D eigenvalue weighted by molar-refractivity contribution is -0.146. The number of ether oxygens (including phenoxy) is 1. The van der Waals surface area contributed by atoms with Crippen LogP contribution in [0, 0.1) is 17.8 Å². The molecule has 27 heavy (non-hydrogen) atoms. The Hall–Kier alpha value is -1.14. The molecule has 0 radical (unpaired) electrons. The maximum absolute atomic E-state index is 12.3. The smallest absolute Gasteiger partial charge is 0.308 e. The van der Waals surface area contributed by atoms with Crippen LogP contribution in [0.2, 0.25) is 0 Å². The molecular weight excluding hydrogens is 380 g/mol. The summed E-state index contributed by atoms with van der Waals surface area (Å²) in [4.78, 5) is 24.6. The van der Waals surface area contributed by atoms with Gasteiger partial charge in [0.15, 0.2) is 0 Å². The fourth-order valence-corrected chi connectivity index (χ4v) is 5.72. The number of rotatable bonds is 10. The fraction of sp³-hybridized carbons (Fsp3) is 0.619. The van der Waals surface area contributed by atoms with Crippen LogP contribution in [0.3, 0.4) is 0 Å². The van der Waals surface area contributed by atoms with Gasteiger partial charge in [-0.1, -0.05) is 52.0 Å². The van der Waals surface area contributed by atoms with E-state index in [1.54, 1.807) is 0 Å². The number of ketones is 1. The number of carbonyl (C=O) groups excluding carboxylic acids is 2. The zero-order valence-corrected chi connectivity index (χ0v) is 18.4. The quantitative estimate of drug-likeness (QED) is 0.308. The van der Waals surface area contributed by atoms with Gasteiger partial charge < -0.3 is 4.74 Å². The molecule has 1 saturated heterocycles. The van der Waals surface area contributed by atoms with E-state index in [4.69, 9.17) is 4.74 Å².